The molecule has 1 heterocycles. The minimum atomic E-state index is -1.03. The normalized spacial score (nSPS) is 11.7. The minimum absolute atomic E-state index is 0.0600. The summed E-state index contributed by atoms with van der Waals surface area (Å²) in [5, 5.41) is 11.7. The molecule has 0 saturated carbocycles. The molecule has 1 amide bonds. The first-order chi connectivity index (χ1) is 10.1. The average Bonchev–Trinajstić information content (AvgIpc) is 2.48. The molecule has 5 nitrogen and oxygen atoms in total. The maximum atomic E-state index is 12.7. The van der Waals surface area contributed by atoms with Crippen LogP contribution in [0.25, 0.3) is 0 Å². The molecule has 0 saturated heterocycles. The Morgan fingerprint density at radius 2 is 1.90 bits per heavy atom. The number of nitrogens with one attached hydrogen (secondary N) is 1. The van der Waals surface area contributed by atoms with E-state index in [4.69, 9.17) is 0 Å². The van der Waals surface area contributed by atoms with Gasteiger partial charge in [-0.2, -0.15) is 4.39 Å². The first-order valence-electron chi connectivity index (χ1n) is 6.25. The summed E-state index contributed by atoms with van der Waals surface area (Å²) >= 11 is 0. The number of pyridine rings is 1. The fourth-order valence-electron chi connectivity index (χ4n) is 1.84. The highest BCUT2D eigenvalue weighted by Crippen LogP contribution is 2.15. The van der Waals surface area contributed by atoms with E-state index in [1.54, 1.807) is 30.3 Å². The third-order valence-corrected chi connectivity index (χ3v) is 2.96. The molecule has 1 atom stereocenters. The number of aliphatic carboxylic acids is 1. The summed E-state index contributed by atoms with van der Waals surface area (Å²) in [4.78, 5) is 26.5. The van der Waals surface area contributed by atoms with Crippen molar-refractivity contribution in [3.05, 3.63) is 65.7 Å². The van der Waals surface area contributed by atoms with Gasteiger partial charge in [-0.15, -0.1) is 0 Å². The van der Waals surface area contributed by atoms with Gasteiger partial charge < -0.3 is 10.4 Å². The van der Waals surface area contributed by atoms with Crippen LogP contribution < -0.4 is 5.32 Å². The Balaban J connectivity index is 2.04. The van der Waals surface area contributed by atoms with Gasteiger partial charge in [0.1, 0.15) is 0 Å². The van der Waals surface area contributed by atoms with Crippen molar-refractivity contribution in [3.63, 3.8) is 0 Å². The van der Waals surface area contributed by atoms with Crippen LogP contribution in [0.4, 0.5) is 4.39 Å². The van der Waals surface area contributed by atoms with Crippen LogP contribution in [0.5, 0.6) is 0 Å². The van der Waals surface area contributed by atoms with E-state index in [1.807, 2.05) is 0 Å². The summed E-state index contributed by atoms with van der Waals surface area (Å²) in [6.45, 7) is -0.0600. The van der Waals surface area contributed by atoms with Crippen LogP contribution in [-0.2, 0) is 4.79 Å². The zero-order valence-corrected chi connectivity index (χ0v) is 11.0. The van der Waals surface area contributed by atoms with Crippen molar-refractivity contribution in [2.24, 2.45) is 0 Å². The van der Waals surface area contributed by atoms with Crippen LogP contribution in [0.15, 0.2) is 48.7 Å². The zero-order valence-electron chi connectivity index (χ0n) is 11.0. The number of carboxylic acids is 1. The smallest absolute Gasteiger partial charge is 0.312 e. The Morgan fingerprint density at radius 1 is 1.19 bits per heavy atom. The van der Waals surface area contributed by atoms with E-state index < -0.39 is 23.7 Å². The molecule has 1 unspecified atom stereocenters. The van der Waals surface area contributed by atoms with Crippen LogP contribution in [0.2, 0.25) is 0 Å². The average molecular weight is 288 g/mol. The third-order valence-electron chi connectivity index (χ3n) is 2.96. The number of aromatic nitrogens is 1. The maximum Gasteiger partial charge on any atom is 0.312 e. The SMILES string of the molecule is O=C(NCC(C(=O)O)c1ccccc1)c1ccc(F)nc1. The van der Waals surface area contributed by atoms with E-state index in [0.717, 1.165) is 12.3 Å². The van der Waals surface area contributed by atoms with Crippen molar-refractivity contribution in [2.75, 3.05) is 6.54 Å². The molecule has 21 heavy (non-hydrogen) atoms. The van der Waals surface area contributed by atoms with Gasteiger partial charge in [0.25, 0.3) is 5.91 Å². The van der Waals surface area contributed by atoms with Crippen molar-refractivity contribution in [1.29, 1.82) is 0 Å². The van der Waals surface area contributed by atoms with Crippen molar-refractivity contribution in [3.8, 4) is 0 Å². The Bertz CT molecular complexity index is 629. The lowest BCUT2D eigenvalue weighted by Crippen LogP contribution is -2.31. The zero-order chi connectivity index (χ0) is 15.2. The number of amides is 1. The highest BCUT2D eigenvalue weighted by atomic mass is 19.1. The number of benzene rings is 1. The van der Waals surface area contributed by atoms with Gasteiger partial charge in [0.2, 0.25) is 5.95 Å². The Kier molecular flexibility index (Phi) is 4.61. The summed E-state index contributed by atoms with van der Waals surface area (Å²) in [7, 11) is 0. The molecule has 2 rings (SSSR count). The van der Waals surface area contributed by atoms with Crippen LogP contribution in [0.3, 0.4) is 0 Å². The van der Waals surface area contributed by atoms with E-state index in [2.05, 4.69) is 10.3 Å². The van der Waals surface area contributed by atoms with Crippen molar-refractivity contribution >= 4 is 11.9 Å². The van der Waals surface area contributed by atoms with Crippen molar-refractivity contribution in [1.82, 2.24) is 10.3 Å². The quantitative estimate of drug-likeness (QED) is 0.822. The number of rotatable bonds is 5. The first kappa shape index (κ1) is 14.6. The number of nitrogens with zero attached hydrogens (tertiary/aromatic N) is 1. The molecular formula is C15H13FN2O3. The molecule has 1 aromatic heterocycles. The van der Waals surface area contributed by atoms with Gasteiger partial charge in [0.15, 0.2) is 0 Å². The summed E-state index contributed by atoms with van der Waals surface area (Å²) in [5.41, 5.74) is 0.774. The number of hydrogen-bond donors (Lipinski definition) is 2. The van der Waals surface area contributed by atoms with Crippen LogP contribution >= 0.6 is 0 Å². The van der Waals surface area contributed by atoms with E-state index in [0.29, 0.717) is 5.56 Å². The second kappa shape index (κ2) is 6.60. The molecule has 2 N–H and O–H groups in total. The van der Waals surface area contributed by atoms with Gasteiger partial charge in [-0.25, -0.2) is 4.98 Å². The van der Waals surface area contributed by atoms with E-state index >= 15 is 0 Å². The Labute approximate surface area is 120 Å². The Hall–Kier alpha value is -2.76. The summed E-state index contributed by atoms with van der Waals surface area (Å²) < 4.78 is 12.7. The third kappa shape index (κ3) is 3.85. The lowest BCUT2D eigenvalue weighted by molar-refractivity contribution is -0.138. The van der Waals surface area contributed by atoms with E-state index in [1.165, 1.54) is 6.07 Å². The second-order valence-electron chi connectivity index (χ2n) is 4.38. The Morgan fingerprint density at radius 3 is 2.48 bits per heavy atom. The largest absolute Gasteiger partial charge is 0.481 e. The number of carbonyl (C=O) groups is 2. The lowest BCUT2D eigenvalue weighted by atomic mass is 9.99. The summed E-state index contributed by atoms with van der Waals surface area (Å²) in [6.07, 6.45) is 1.10. The van der Waals surface area contributed by atoms with Gasteiger partial charge in [0.05, 0.1) is 11.5 Å². The van der Waals surface area contributed by atoms with Crippen LogP contribution in [0.1, 0.15) is 21.8 Å². The van der Waals surface area contributed by atoms with Gasteiger partial charge in [-0.1, -0.05) is 30.3 Å². The fourth-order valence-corrected chi connectivity index (χ4v) is 1.84. The molecule has 0 aliphatic rings. The predicted octanol–water partition coefficient (Wildman–Crippen LogP) is 1.82. The molecule has 1 aromatic carbocycles. The maximum absolute atomic E-state index is 12.7. The van der Waals surface area contributed by atoms with Gasteiger partial charge in [-0.3, -0.25) is 9.59 Å². The standard InChI is InChI=1S/C15H13FN2O3/c16-13-7-6-11(8-17-13)14(19)18-9-12(15(20)21)10-4-2-1-3-5-10/h1-8,12H,9H2,(H,18,19)(H,20,21). The topological polar surface area (TPSA) is 79.3 Å². The predicted molar refractivity (Wildman–Crippen MR) is 73.3 cm³/mol. The molecule has 108 valence electrons. The fraction of sp³-hybridized carbons (Fsp3) is 0.133. The molecule has 0 fully saturated rings. The molecule has 2 aromatic rings. The van der Waals surface area contributed by atoms with Crippen molar-refractivity contribution < 1.29 is 19.1 Å². The van der Waals surface area contributed by atoms with Crippen LogP contribution in [0, 0.1) is 5.95 Å². The highest BCUT2D eigenvalue weighted by Gasteiger charge is 2.20. The molecule has 0 radical (unpaired) electrons. The molecule has 0 aliphatic heterocycles. The first-order valence-corrected chi connectivity index (χ1v) is 6.25. The lowest BCUT2D eigenvalue weighted by Gasteiger charge is -2.13. The molecular weight excluding hydrogens is 275 g/mol. The highest BCUT2D eigenvalue weighted by molar-refractivity contribution is 5.94. The van der Waals surface area contributed by atoms with E-state index in [9.17, 15) is 19.1 Å². The number of carbonyl (C=O) groups excluding carboxylic acids is 1. The molecule has 6 heteroatoms. The van der Waals surface area contributed by atoms with Crippen LogP contribution in [-0.4, -0.2) is 28.5 Å². The van der Waals surface area contributed by atoms with Gasteiger partial charge in [-0.05, 0) is 17.7 Å². The minimum Gasteiger partial charge on any atom is -0.481 e. The van der Waals surface area contributed by atoms with E-state index in [-0.39, 0.29) is 12.1 Å². The van der Waals surface area contributed by atoms with Gasteiger partial charge >= 0.3 is 5.97 Å². The van der Waals surface area contributed by atoms with Gasteiger partial charge in [0, 0.05) is 12.7 Å². The van der Waals surface area contributed by atoms with Crippen molar-refractivity contribution in [2.45, 2.75) is 5.92 Å². The molecule has 0 bridgehead atoms. The monoisotopic (exact) mass is 288 g/mol. The number of halogens is 1. The molecule has 0 aliphatic carbocycles. The number of carboxylic acid groups (broad SMARTS) is 1. The molecule has 0 spiro atoms. The summed E-state index contributed by atoms with van der Waals surface area (Å²) in [5.74, 6) is -3.05. The summed E-state index contributed by atoms with van der Waals surface area (Å²) in [6, 6.07) is 11.0. The second-order valence-corrected chi connectivity index (χ2v) is 4.38. The number of hydrogen-bond acceptors (Lipinski definition) is 3.